The van der Waals surface area contributed by atoms with Crippen molar-refractivity contribution in [3.05, 3.63) is 47.2 Å². The first-order chi connectivity index (χ1) is 14.2. The number of benzene rings is 1. The topological polar surface area (TPSA) is 70.6 Å². The third-order valence-electron chi connectivity index (χ3n) is 5.80. The van der Waals surface area contributed by atoms with Crippen LogP contribution in [0.5, 0.6) is 5.75 Å². The molecule has 1 aliphatic carbocycles. The van der Waals surface area contributed by atoms with E-state index in [2.05, 4.69) is 26.5 Å². The van der Waals surface area contributed by atoms with Gasteiger partial charge in [-0.15, -0.1) is 5.10 Å². The zero-order valence-electron chi connectivity index (χ0n) is 17.1. The number of methoxy groups -OCH3 is 1. The Bertz CT molecular complexity index is 832. The molecule has 0 unspecified atom stereocenters. The molecule has 1 saturated heterocycles. The van der Waals surface area contributed by atoms with Crippen LogP contribution in [0.15, 0.2) is 30.3 Å². The third kappa shape index (κ3) is 4.78. The summed E-state index contributed by atoms with van der Waals surface area (Å²) in [5, 5.41) is 11.9. The zero-order chi connectivity index (χ0) is 20.1. The number of aryl methyl sites for hydroxylation is 2. The van der Waals surface area contributed by atoms with E-state index in [0.29, 0.717) is 19.6 Å². The first kappa shape index (κ1) is 19.5. The lowest BCUT2D eigenvalue weighted by Gasteiger charge is -2.35. The number of aromatic nitrogens is 2. The number of fused-ring (bicyclic) bond motifs is 1. The number of anilines is 1. The number of hydrogen-bond donors (Lipinski definition) is 1. The molecule has 1 aromatic carbocycles. The Hall–Kier alpha value is -2.83. The van der Waals surface area contributed by atoms with Crippen LogP contribution in [0, 0.1) is 0 Å². The molecule has 2 amide bonds. The number of carbonyl (C=O) groups excluding carboxylic acids is 1. The highest BCUT2D eigenvalue weighted by Gasteiger charge is 2.23. The maximum atomic E-state index is 12.5. The van der Waals surface area contributed by atoms with Gasteiger partial charge in [-0.2, -0.15) is 5.10 Å². The first-order valence-corrected chi connectivity index (χ1v) is 10.5. The second-order valence-corrected chi connectivity index (χ2v) is 7.69. The summed E-state index contributed by atoms with van der Waals surface area (Å²) in [7, 11) is 1.66. The maximum absolute atomic E-state index is 12.5. The molecule has 1 aliphatic heterocycles. The summed E-state index contributed by atoms with van der Waals surface area (Å²) >= 11 is 0. The molecule has 0 bridgehead atoms. The van der Waals surface area contributed by atoms with Gasteiger partial charge >= 0.3 is 6.03 Å². The Balaban J connectivity index is 1.23. The smallest absolute Gasteiger partial charge is 0.317 e. The molecule has 0 radical (unpaired) electrons. The number of nitrogens with one attached hydrogen (secondary N) is 1. The highest BCUT2D eigenvalue weighted by atomic mass is 16.5. The number of nitrogens with zero attached hydrogens (tertiary/aromatic N) is 4. The van der Waals surface area contributed by atoms with Crippen molar-refractivity contribution >= 4 is 11.8 Å². The Kier molecular flexibility index (Phi) is 6.12. The van der Waals surface area contributed by atoms with E-state index in [1.165, 1.54) is 24.0 Å². The molecule has 7 heteroatoms. The summed E-state index contributed by atoms with van der Waals surface area (Å²) in [4.78, 5) is 16.6. The number of amides is 2. The van der Waals surface area contributed by atoms with Crippen LogP contribution in [0.2, 0.25) is 0 Å². The van der Waals surface area contributed by atoms with Gasteiger partial charge in [-0.05, 0) is 61.4 Å². The Labute approximate surface area is 172 Å². The monoisotopic (exact) mass is 395 g/mol. The summed E-state index contributed by atoms with van der Waals surface area (Å²) in [5.74, 6) is 1.80. The van der Waals surface area contributed by atoms with Crippen molar-refractivity contribution in [3.8, 4) is 5.75 Å². The van der Waals surface area contributed by atoms with Gasteiger partial charge in [0.05, 0.1) is 12.8 Å². The Morgan fingerprint density at radius 3 is 2.59 bits per heavy atom. The van der Waals surface area contributed by atoms with Crippen molar-refractivity contribution in [1.29, 1.82) is 0 Å². The fourth-order valence-corrected chi connectivity index (χ4v) is 3.99. The van der Waals surface area contributed by atoms with Gasteiger partial charge in [0.15, 0.2) is 5.82 Å². The number of ether oxygens (including phenoxy) is 1. The van der Waals surface area contributed by atoms with E-state index >= 15 is 0 Å². The minimum atomic E-state index is 0.00897. The van der Waals surface area contributed by atoms with Gasteiger partial charge in [0, 0.05) is 32.7 Å². The second kappa shape index (κ2) is 9.11. The Morgan fingerprint density at radius 2 is 1.83 bits per heavy atom. The molecule has 0 atom stereocenters. The van der Waals surface area contributed by atoms with Crippen molar-refractivity contribution in [2.75, 3.05) is 44.7 Å². The van der Waals surface area contributed by atoms with Gasteiger partial charge in [-0.3, -0.25) is 0 Å². The average Bonchev–Trinajstić information content (AvgIpc) is 2.79. The largest absolute Gasteiger partial charge is 0.497 e. The van der Waals surface area contributed by atoms with Gasteiger partial charge in [-0.1, -0.05) is 12.1 Å². The van der Waals surface area contributed by atoms with Crippen LogP contribution in [0.3, 0.4) is 0 Å². The minimum absolute atomic E-state index is 0.00897. The molecular formula is C22H29N5O2. The standard InChI is InChI=1S/C22H29N5O2/c1-29-19-8-6-17(7-9-19)10-11-23-22(28)27-14-12-26(13-15-27)21-16-18-4-2-3-5-20(18)24-25-21/h6-9,16H,2-5,10-15H2,1H3,(H,23,28). The molecule has 2 aliphatic rings. The van der Waals surface area contributed by atoms with E-state index < -0.39 is 0 Å². The molecule has 2 aromatic rings. The third-order valence-corrected chi connectivity index (χ3v) is 5.80. The molecule has 4 rings (SSSR count). The lowest BCUT2D eigenvalue weighted by molar-refractivity contribution is 0.194. The molecule has 29 heavy (non-hydrogen) atoms. The number of hydrogen-bond acceptors (Lipinski definition) is 5. The van der Waals surface area contributed by atoms with E-state index in [-0.39, 0.29) is 6.03 Å². The van der Waals surface area contributed by atoms with Crippen LogP contribution in [0.25, 0.3) is 0 Å². The molecule has 0 saturated carbocycles. The van der Waals surface area contributed by atoms with Crippen molar-refractivity contribution < 1.29 is 9.53 Å². The van der Waals surface area contributed by atoms with E-state index in [1.807, 2.05) is 29.2 Å². The number of piperazine rings is 1. The second-order valence-electron chi connectivity index (χ2n) is 7.69. The Morgan fingerprint density at radius 1 is 1.07 bits per heavy atom. The van der Waals surface area contributed by atoms with Gasteiger partial charge in [0.25, 0.3) is 0 Å². The highest BCUT2D eigenvalue weighted by Crippen LogP contribution is 2.23. The molecule has 1 fully saturated rings. The summed E-state index contributed by atoms with van der Waals surface area (Å²) in [6.45, 7) is 3.61. The van der Waals surface area contributed by atoms with Crippen molar-refractivity contribution in [2.24, 2.45) is 0 Å². The predicted octanol–water partition coefficient (Wildman–Crippen LogP) is 2.44. The fourth-order valence-electron chi connectivity index (χ4n) is 3.99. The fraction of sp³-hybridized carbons (Fsp3) is 0.500. The summed E-state index contributed by atoms with van der Waals surface area (Å²) < 4.78 is 5.17. The van der Waals surface area contributed by atoms with Crippen LogP contribution in [0.4, 0.5) is 10.6 Å². The van der Waals surface area contributed by atoms with Crippen molar-refractivity contribution in [3.63, 3.8) is 0 Å². The molecule has 2 heterocycles. The molecule has 154 valence electrons. The predicted molar refractivity (Wildman–Crippen MR) is 113 cm³/mol. The van der Waals surface area contributed by atoms with Crippen LogP contribution in [-0.4, -0.2) is 61.0 Å². The van der Waals surface area contributed by atoms with Crippen LogP contribution in [0.1, 0.15) is 29.7 Å². The lowest BCUT2D eigenvalue weighted by Crippen LogP contribution is -2.52. The number of rotatable bonds is 5. The number of urea groups is 1. The first-order valence-electron chi connectivity index (χ1n) is 10.5. The van der Waals surface area contributed by atoms with Gasteiger partial charge < -0.3 is 19.9 Å². The highest BCUT2D eigenvalue weighted by molar-refractivity contribution is 5.74. The lowest BCUT2D eigenvalue weighted by atomic mass is 9.97. The molecule has 1 aromatic heterocycles. The number of carbonyl (C=O) groups is 1. The molecular weight excluding hydrogens is 366 g/mol. The van der Waals surface area contributed by atoms with Crippen LogP contribution < -0.4 is 15.0 Å². The van der Waals surface area contributed by atoms with Gasteiger partial charge in [0.2, 0.25) is 0 Å². The van der Waals surface area contributed by atoms with Crippen LogP contribution in [-0.2, 0) is 19.3 Å². The van der Waals surface area contributed by atoms with E-state index in [9.17, 15) is 4.79 Å². The normalized spacial score (nSPS) is 16.3. The minimum Gasteiger partial charge on any atom is -0.497 e. The van der Waals surface area contributed by atoms with Gasteiger partial charge in [0.1, 0.15) is 5.75 Å². The zero-order valence-corrected chi connectivity index (χ0v) is 17.1. The molecule has 0 spiro atoms. The quantitative estimate of drug-likeness (QED) is 0.842. The van der Waals surface area contributed by atoms with Crippen molar-refractivity contribution in [1.82, 2.24) is 20.4 Å². The van der Waals surface area contributed by atoms with Crippen LogP contribution >= 0.6 is 0 Å². The van der Waals surface area contributed by atoms with E-state index in [0.717, 1.165) is 49.6 Å². The van der Waals surface area contributed by atoms with Gasteiger partial charge in [-0.25, -0.2) is 4.79 Å². The molecule has 7 nitrogen and oxygen atoms in total. The summed E-state index contributed by atoms with van der Waals surface area (Å²) in [6.07, 6.45) is 5.41. The maximum Gasteiger partial charge on any atom is 0.317 e. The molecule has 1 N–H and O–H groups in total. The van der Waals surface area contributed by atoms with E-state index in [1.54, 1.807) is 7.11 Å². The van der Waals surface area contributed by atoms with Crippen molar-refractivity contribution in [2.45, 2.75) is 32.1 Å². The SMILES string of the molecule is COc1ccc(CCNC(=O)N2CCN(c3cc4c(nn3)CCCC4)CC2)cc1. The summed E-state index contributed by atoms with van der Waals surface area (Å²) in [6, 6.07) is 10.2. The average molecular weight is 396 g/mol. The summed E-state index contributed by atoms with van der Waals surface area (Å²) in [5.41, 5.74) is 3.69. The van der Waals surface area contributed by atoms with E-state index in [4.69, 9.17) is 4.74 Å².